The molecular weight excluding hydrogens is 628 g/mol. The molecule has 238 valence electrons. The molecule has 1 aliphatic heterocycles. The van der Waals surface area contributed by atoms with E-state index in [0.717, 1.165) is 17.8 Å². The first-order chi connectivity index (χ1) is 20.3. The highest BCUT2D eigenvalue weighted by molar-refractivity contribution is 8.15. The maximum absolute atomic E-state index is 15.6. The highest BCUT2D eigenvalue weighted by Gasteiger charge is 2.72. The molecule has 2 aromatic rings. The number of aliphatic carboxylic acids is 1. The number of amides is 1. The molecule has 0 radical (unpaired) electrons. The zero-order valence-corrected chi connectivity index (χ0v) is 28.5. The van der Waals surface area contributed by atoms with Crippen molar-refractivity contribution in [3.05, 3.63) is 64.2 Å². The molecule has 0 unspecified atom stereocenters. The van der Waals surface area contributed by atoms with Gasteiger partial charge in [-0.3, -0.25) is 14.8 Å². The Labute approximate surface area is 266 Å². The number of carbonyl (C=O) groups is 2. The molecule has 2 aliphatic rings. The summed E-state index contributed by atoms with van der Waals surface area (Å²) in [6.45, 7) is 13.6. The fourth-order valence-electron chi connectivity index (χ4n) is 4.91. The van der Waals surface area contributed by atoms with Gasteiger partial charge in [-0.1, -0.05) is 49.1 Å². The Morgan fingerprint density at radius 1 is 1.25 bits per heavy atom. The maximum atomic E-state index is 15.6. The summed E-state index contributed by atoms with van der Waals surface area (Å²) in [5.41, 5.74) is -1.79. The molecule has 0 bridgehead atoms. The van der Waals surface area contributed by atoms with Gasteiger partial charge in [-0.25, -0.2) is 18.5 Å². The lowest BCUT2D eigenvalue weighted by atomic mass is 9.84. The Hall–Kier alpha value is -2.80. The Balaban J connectivity index is 1.76. The summed E-state index contributed by atoms with van der Waals surface area (Å²) in [4.78, 5) is 36.1. The molecule has 3 atom stereocenters. The number of fused-ring (bicyclic) bond motifs is 1. The van der Waals surface area contributed by atoms with Crippen molar-refractivity contribution >= 4 is 60.6 Å². The van der Waals surface area contributed by atoms with E-state index in [1.165, 1.54) is 47.5 Å². The lowest BCUT2D eigenvalue weighted by Crippen LogP contribution is -2.47. The molecule has 1 N–H and O–H groups in total. The standard InChI is InChI=1S/C31H38ClF2N3O5SSi/c1-29(2,3)42-28(40)37(18-41-12-13-44(5,6)7)27-36-30(4,25-16-31(25,43-27)26(38)39)21-14-19(8-10-22(21)33)15-23(34)24-11-9-20(32)17-35-24/h8-11,14-15,17,25H,12-13,16,18H2,1-7H3,(H,38,39)/b23-15-/t25-,30+,31-/m0/s1. The fourth-order valence-corrected chi connectivity index (χ4v) is 7.29. The first-order valence-electron chi connectivity index (χ1n) is 14.2. The molecular formula is C31H38ClF2N3O5SSi. The van der Waals surface area contributed by atoms with E-state index in [-0.39, 0.29) is 29.6 Å². The number of rotatable bonds is 9. The van der Waals surface area contributed by atoms with E-state index in [4.69, 9.17) is 26.1 Å². The van der Waals surface area contributed by atoms with E-state index in [9.17, 15) is 14.7 Å². The number of aliphatic imine (C=N–C) groups is 1. The number of benzene rings is 1. The zero-order valence-electron chi connectivity index (χ0n) is 25.9. The van der Waals surface area contributed by atoms with Crippen LogP contribution in [0.1, 0.15) is 50.9 Å². The van der Waals surface area contributed by atoms with E-state index < -0.39 is 53.6 Å². The molecule has 1 aromatic carbocycles. The second-order valence-electron chi connectivity index (χ2n) is 13.4. The van der Waals surface area contributed by atoms with Crippen LogP contribution in [0, 0.1) is 11.7 Å². The number of hydrogen-bond acceptors (Lipinski definition) is 7. The second-order valence-corrected chi connectivity index (χ2v) is 20.8. The largest absolute Gasteiger partial charge is 0.480 e. The summed E-state index contributed by atoms with van der Waals surface area (Å²) in [6.07, 6.45) is 1.97. The van der Waals surface area contributed by atoms with Gasteiger partial charge in [-0.2, -0.15) is 0 Å². The van der Waals surface area contributed by atoms with Crippen LogP contribution in [0.3, 0.4) is 0 Å². The minimum atomic E-state index is -1.44. The van der Waals surface area contributed by atoms with E-state index in [0.29, 0.717) is 17.2 Å². The normalized spacial score (nSPS) is 23.5. The van der Waals surface area contributed by atoms with Gasteiger partial charge in [0.25, 0.3) is 0 Å². The molecule has 1 aliphatic carbocycles. The summed E-state index contributed by atoms with van der Waals surface area (Å²) in [5, 5.41) is 10.7. The van der Waals surface area contributed by atoms with Crippen LogP contribution in [0.4, 0.5) is 13.6 Å². The molecule has 44 heavy (non-hydrogen) atoms. The van der Waals surface area contributed by atoms with Gasteiger partial charge in [0.15, 0.2) is 5.17 Å². The van der Waals surface area contributed by atoms with Crippen molar-refractivity contribution in [2.24, 2.45) is 10.9 Å². The van der Waals surface area contributed by atoms with Gasteiger partial charge in [0, 0.05) is 32.4 Å². The number of nitrogens with zero attached hydrogens (tertiary/aromatic N) is 3. The highest BCUT2D eigenvalue weighted by atomic mass is 35.5. The van der Waals surface area contributed by atoms with E-state index in [1.54, 1.807) is 27.7 Å². The van der Waals surface area contributed by atoms with Crippen molar-refractivity contribution in [1.82, 2.24) is 9.88 Å². The van der Waals surface area contributed by atoms with Crippen LogP contribution in [0.2, 0.25) is 30.7 Å². The summed E-state index contributed by atoms with van der Waals surface area (Å²) < 4.78 is 40.9. The predicted octanol–water partition coefficient (Wildman–Crippen LogP) is 8.05. The van der Waals surface area contributed by atoms with Crippen LogP contribution in [0.5, 0.6) is 0 Å². The first kappa shape index (κ1) is 34.1. The Morgan fingerprint density at radius 3 is 2.55 bits per heavy atom. The van der Waals surface area contributed by atoms with Crippen molar-refractivity contribution in [1.29, 1.82) is 0 Å². The van der Waals surface area contributed by atoms with Gasteiger partial charge < -0.3 is 14.6 Å². The number of amidine groups is 1. The number of ether oxygens (including phenoxy) is 2. The van der Waals surface area contributed by atoms with Crippen LogP contribution in [0.15, 0.2) is 41.5 Å². The zero-order chi connectivity index (χ0) is 32.7. The molecule has 1 saturated carbocycles. The third-order valence-corrected chi connectivity index (χ3v) is 10.8. The van der Waals surface area contributed by atoms with Crippen molar-refractivity contribution in [2.45, 2.75) is 75.7 Å². The molecule has 0 saturated heterocycles. The van der Waals surface area contributed by atoms with Gasteiger partial charge in [0.05, 0.1) is 16.3 Å². The third kappa shape index (κ3) is 7.70. The van der Waals surface area contributed by atoms with E-state index >= 15 is 8.78 Å². The quantitative estimate of drug-likeness (QED) is 0.164. The molecule has 1 aromatic heterocycles. The van der Waals surface area contributed by atoms with Crippen LogP contribution in [-0.2, 0) is 19.8 Å². The predicted molar refractivity (Wildman–Crippen MR) is 173 cm³/mol. The average molecular weight is 666 g/mol. The van der Waals surface area contributed by atoms with Crippen LogP contribution in [0.25, 0.3) is 11.9 Å². The number of thioether (sulfide) groups is 1. The fraction of sp³-hybridized carbons (Fsp3) is 0.484. The van der Waals surface area contributed by atoms with Gasteiger partial charge in [-0.05, 0) is 76.1 Å². The van der Waals surface area contributed by atoms with Crippen molar-refractivity contribution in [3.8, 4) is 0 Å². The average Bonchev–Trinajstić information content (AvgIpc) is 3.66. The number of aromatic nitrogens is 1. The molecule has 8 nitrogen and oxygen atoms in total. The Morgan fingerprint density at radius 2 is 1.95 bits per heavy atom. The number of pyridine rings is 1. The van der Waals surface area contributed by atoms with E-state index in [2.05, 4.69) is 24.6 Å². The lowest BCUT2D eigenvalue weighted by molar-refractivity contribution is -0.137. The molecule has 1 amide bonds. The Kier molecular flexibility index (Phi) is 9.71. The SMILES string of the molecule is CC(C)(C)OC(=O)N(COCC[Si](C)(C)C)C1=N[C@](C)(c2cc(/C=C(\F)c3ccc(Cl)cn3)ccc2F)[C@@H]2C[C@]2(C(=O)O)S1. The number of carboxylic acid groups (broad SMARTS) is 1. The summed E-state index contributed by atoms with van der Waals surface area (Å²) in [5.74, 6) is -2.98. The van der Waals surface area contributed by atoms with Gasteiger partial charge >= 0.3 is 12.1 Å². The lowest BCUT2D eigenvalue weighted by Gasteiger charge is -2.37. The smallest absolute Gasteiger partial charge is 0.418 e. The molecule has 0 spiro atoms. The molecule has 2 heterocycles. The highest BCUT2D eigenvalue weighted by Crippen LogP contribution is 2.66. The minimum absolute atomic E-state index is 0.0510. The van der Waals surface area contributed by atoms with Crippen molar-refractivity contribution in [3.63, 3.8) is 0 Å². The van der Waals surface area contributed by atoms with Gasteiger partial charge in [-0.15, -0.1) is 0 Å². The third-order valence-electron chi connectivity index (χ3n) is 7.41. The van der Waals surface area contributed by atoms with Crippen LogP contribution < -0.4 is 0 Å². The number of hydrogen-bond donors (Lipinski definition) is 1. The summed E-state index contributed by atoms with van der Waals surface area (Å²) in [6, 6.07) is 7.85. The number of carbonyl (C=O) groups excluding carboxylic acids is 1. The topological polar surface area (TPSA) is 101 Å². The van der Waals surface area contributed by atoms with Crippen LogP contribution in [-0.4, -0.2) is 64.0 Å². The van der Waals surface area contributed by atoms with Gasteiger partial charge in [0.2, 0.25) is 0 Å². The molecule has 13 heteroatoms. The minimum Gasteiger partial charge on any atom is -0.480 e. The first-order valence-corrected chi connectivity index (χ1v) is 19.1. The Bertz CT molecular complexity index is 1490. The second kappa shape index (κ2) is 12.5. The summed E-state index contributed by atoms with van der Waals surface area (Å²) >= 11 is 6.81. The molecule has 4 rings (SSSR count). The summed E-state index contributed by atoms with van der Waals surface area (Å²) in [7, 11) is -1.44. The van der Waals surface area contributed by atoms with E-state index in [1.807, 2.05) is 0 Å². The number of carboxylic acids is 1. The van der Waals surface area contributed by atoms with Crippen molar-refractivity contribution in [2.75, 3.05) is 13.3 Å². The number of halogens is 3. The van der Waals surface area contributed by atoms with Crippen molar-refractivity contribution < 1.29 is 33.0 Å². The maximum Gasteiger partial charge on any atom is 0.418 e. The van der Waals surface area contributed by atoms with Crippen LogP contribution >= 0.6 is 23.4 Å². The monoisotopic (exact) mass is 665 g/mol. The molecule has 1 fully saturated rings. The van der Waals surface area contributed by atoms with Gasteiger partial charge in [0.1, 0.15) is 28.7 Å².